The van der Waals surface area contributed by atoms with E-state index in [9.17, 15) is 5.11 Å². The third kappa shape index (κ3) is 4.03. The Labute approximate surface area is 129 Å². The Morgan fingerprint density at radius 3 is 2.81 bits per heavy atom. The average molecular weight is 306 g/mol. The molecule has 2 rings (SSSR count). The standard InChI is InChI=1S/C16H22N2O2S/c1-11-10-21-15(18-11)16(2,3)17-9-14(19)12-6-5-7-13(8-12)20-4/h5-8,10,14,17,19H,9H2,1-4H3. The van der Waals surface area contributed by atoms with Crippen molar-refractivity contribution in [3.63, 3.8) is 0 Å². The number of aromatic nitrogens is 1. The van der Waals surface area contributed by atoms with Gasteiger partial charge in [-0.05, 0) is 38.5 Å². The monoisotopic (exact) mass is 306 g/mol. The molecule has 2 aromatic rings. The highest BCUT2D eigenvalue weighted by Crippen LogP contribution is 2.25. The zero-order valence-corrected chi connectivity index (χ0v) is 13.7. The van der Waals surface area contributed by atoms with Crippen LogP contribution in [0.5, 0.6) is 5.75 Å². The van der Waals surface area contributed by atoms with E-state index in [-0.39, 0.29) is 5.54 Å². The number of nitrogens with zero attached hydrogens (tertiary/aromatic N) is 1. The Kier molecular flexibility index (Phi) is 4.98. The van der Waals surface area contributed by atoms with Crippen molar-refractivity contribution >= 4 is 11.3 Å². The van der Waals surface area contributed by atoms with Gasteiger partial charge in [-0.2, -0.15) is 0 Å². The number of benzene rings is 1. The number of rotatable bonds is 6. The lowest BCUT2D eigenvalue weighted by molar-refractivity contribution is 0.160. The van der Waals surface area contributed by atoms with E-state index in [0.29, 0.717) is 6.54 Å². The highest BCUT2D eigenvalue weighted by atomic mass is 32.1. The fraction of sp³-hybridized carbons (Fsp3) is 0.438. The predicted molar refractivity (Wildman–Crippen MR) is 85.8 cm³/mol. The normalized spacial score (nSPS) is 13.2. The Morgan fingerprint density at radius 2 is 2.19 bits per heavy atom. The lowest BCUT2D eigenvalue weighted by Crippen LogP contribution is -2.39. The van der Waals surface area contributed by atoms with Crippen molar-refractivity contribution in [3.8, 4) is 5.75 Å². The molecule has 0 radical (unpaired) electrons. The summed E-state index contributed by atoms with van der Waals surface area (Å²) < 4.78 is 5.18. The van der Waals surface area contributed by atoms with Crippen molar-refractivity contribution in [2.75, 3.05) is 13.7 Å². The van der Waals surface area contributed by atoms with E-state index >= 15 is 0 Å². The summed E-state index contributed by atoms with van der Waals surface area (Å²) in [7, 11) is 1.62. The molecule has 1 aromatic carbocycles. The molecule has 21 heavy (non-hydrogen) atoms. The highest BCUT2D eigenvalue weighted by Gasteiger charge is 2.24. The van der Waals surface area contributed by atoms with Gasteiger partial charge >= 0.3 is 0 Å². The fourth-order valence-electron chi connectivity index (χ4n) is 2.04. The number of methoxy groups -OCH3 is 1. The first-order valence-corrected chi connectivity index (χ1v) is 7.80. The molecule has 5 heteroatoms. The highest BCUT2D eigenvalue weighted by molar-refractivity contribution is 7.09. The largest absolute Gasteiger partial charge is 0.497 e. The number of hydrogen-bond acceptors (Lipinski definition) is 5. The molecule has 4 nitrogen and oxygen atoms in total. The second-order valence-corrected chi connectivity index (χ2v) is 6.45. The number of nitrogens with one attached hydrogen (secondary N) is 1. The molecule has 0 saturated heterocycles. The molecule has 2 N–H and O–H groups in total. The van der Waals surface area contributed by atoms with Crippen LogP contribution in [0.25, 0.3) is 0 Å². The Bertz CT molecular complexity index is 595. The van der Waals surface area contributed by atoms with Crippen LogP contribution in [0.1, 0.15) is 36.2 Å². The van der Waals surface area contributed by atoms with Crippen molar-refractivity contribution in [1.82, 2.24) is 10.3 Å². The summed E-state index contributed by atoms with van der Waals surface area (Å²) in [5, 5.41) is 16.8. The van der Waals surface area contributed by atoms with E-state index in [1.807, 2.05) is 36.6 Å². The summed E-state index contributed by atoms with van der Waals surface area (Å²) >= 11 is 1.63. The molecular weight excluding hydrogens is 284 g/mol. The van der Waals surface area contributed by atoms with Crippen LogP contribution < -0.4 is 10.1 Å². The van der Waals surface area contributed by atoms with E-state index in [0.717, 1.165) is 22.0 Å². The maximum atomic E-state index is 10.3. The van der Waals surface area contributed by atoms with Crippen molar-refractivity contribution in [2.24, 2.45) is 0 Å². The quantitative estimate of drug-likeness (QED) is 0.861. The van der Waals surface area contributed by atoms with Crippen LogP contribution >= 0.6 is 11.3 Å². The van der Waals surface area contributed by atoms with Crippen LogP contribution in [0.3, 0.4) is 0 Å². The van der Waals surface area contributed by atoms with Crippen LogP contribution in [0.15, 0.2) is 29.6 Å². The van der Waals surface area contributed by atoms with Gasteiger partial charge in [0, 0.05) is 17.6 Å². The molecule has 0 spiro atoms. The molecular formula is C16H22N2O2S. The minimum atomic E-state index is -0.583. The van der Waals surface area contributed by atoms with E-state index < -0.39 is 6.10 Å². The van der Waals surface area contributed by atoms with Gasteiger partial charge in [0.2, 0.25) is 0 Å². The summed E-state index contributed by atoms with van der Waals surface area (Å²) in [4.78, 5) is 4.51. The first-order valence-electron chi connectivity index (χ1n) is 6.92. The van der Waals surface area contributed by atoms with Crippen LogP contribution in [0.4, 0.5) is 0 Å². The van der Waals surface area contributed by atoms with Gasteiger partial charge in [0.05, 0.1) is 18.8 Å². The third-order valence-corrected chi connectivity index (χ3v) is 4.65. The van der Waals surface area contributed by atoms with Crippen LogP contribution in [-0.2, 0) is 5.54 Å². The number of aliphatic hydroxyl groups excluding tert-OH is 1. The zero-order chi connectivity index (χ0) is 15.5. The summed E-state index contributed by atoms with van der Waals surface area (Å²) in [6.45, 7) is 6.59. The number of thiazole rings is 1. The van der Waals surface area contributed by atoms with Gasteiger partial charge in [0.15, 0.2) is 0 Å². The summed E-state index contributed by atoms with van der Waals surface area (Å²) in [5.74, 6) is 0.751. The Morgan fingerprint density at radius 1 is 1.43 bits per heavy atom. The predicted octanol–water partition coefficient (Wildman–Crippen LogP) is 3.02. The minimum absolute atomic E-state index is 0.265. The molecule has 0 saturated carbocycles. The summed E-state index contributed by atoms with van der Waals surface area (Å²) in [6, 6.07) is 7.50. The molecule has 0 aliphatic carbocycles. The summed E-state index contributed by atoms with van der Waals surface area (Å²) in [5.41, 5.74) is 1.60. The van der Waals surface area contributed by atoms with Gasteiger partial charge in [0.25, 0.3) is 0 Å². The topological polar surface area (TPSA) is 54.4 Å². The molecule has 1 aromatic heterocycles. The summed E-state index contributed by atoms with van der Waals surface area (Å²) in [6.07, 6.45) is -0.583. The lowest BCUT2D eigenvalue weighted by Gasteiger charge is -2.25. The van der Waals surface area contributed by atoms with Gasteiger partial charge in [-0.25, -0.2) is 4.98 Å². The van der Waals surface area contributed by atoms with E-state index in [1.165, 1.54) is 0 Å². The van der Waals surface area contributed by atoms with Crippen LogP contribution in [-0.4, -0.2) is 23.7 Å². The third-order valence-electron chi connectivity index (χ3n) is 3.37. The first kappa shape index (κ1) is 15.9. The van der Waals surface area contributed by atoms with Gasteiger partial charge in [-0.1, -0.05) is 12.1 Å². The van der Waals surface area contributed by atoms with Gasteiger partial charge in [-0.15, -0.1) is 11.3 Å². The van der Waals surface area contributed by atoms with Gasteiger partial charge in [-0.3, -0.25) is 0 Å². The molecule has 0 amide bonds. The SMILES string of the molecule is COc1cccc(C(O)CNC(C)(C)c2nc(C)cs2)c1. The molecule has 1 unspecified atom stereocenters. The zero-order valence-electron chi connectivity index (χ0n) is 12.9. The minimum Gasteiger partial charge on any atom is -0.497 e. The van der Waals surface area contributed by atoms with Crippen LogP contribution in [0, 0.1) is 6.92 Å². The van der Waals surface area contributed by atoms with Crippen molar-refractivity contribution in [3.05, 3.63) is 45.9 Å². The number of aliphatic hydroxyl groups is 1. The maximum Gasteiger partial charge on any atom is 0.119 e. The fourth-order valence-corrected chi connectivity index (χ4v) is 2.93. The molecule has 114 valence electrons. The van der Waals surface area contributed by atoms with Gasteiger partial charge < -0.3 is 15.2 Å². The lowest BCUT2D eigenvalue weighted by atomic mass is 10.0. The molecule has 0 aliphatic heterocycles. The van der Waals surface area contributed by atoms with E-state index in [1.54, 1.807) is 18.4 Å². The number of hydrogen-bond donors (Lipinski definition) is 2. The Balaban J connectivity index is 2.01. The second kappa shape index (κ2) is 6.56. The molecule has 0 bridgehead atoms. The van der Waals surface area contributed by atoms with Crippen LogP contribution in [0.2, 0.25) is 0 Å². The van der Waals surface area contributed by atoms with Crippen molar-refractivity contribution in [1.29, 1.82) is 0 Å². The molecule has 1 atom stereocenters. The van der Waals surface area contributed by atoms with E-state index in [4.69, 9.17) is 4.74 Å². The molecule has 0 fully saturated rings. The average Bonchev–Trinajstić information content (AvgIpc) is 2.92. The molecule has 0 aliphatic rings. The number of aryl methyl sites for hydroxylation is 1. The van der Waals surface area contributed by atoms with E-state index in [2.05, 4.69) is 24.1 Å². The van der Waals surface area contributed by atoms with Crippen molar-refractivity contribution < 1.29 is 9.84 Å². The molecule has 1 heterocycles. The second-order valence-electron chi connectivity index (χ2n) is 5.59. The van der Waals surface area contributed by atoms with Crippen molar-refractivity contribution in [2.45, 2.75) is 32.4 Å². The smallest absolute Gasteiger partial charge is 0.119 e. The maximum absolute atomic E-state index is 10.3. The Hall–Kier alpha value is -1.43. The first-order chi connectivity index (χ1) is 9.92. The van der Waals surface area contributed by atoms with Gasteiger partial charge in [0.1, 0.15) is 10.8 Å². The number of ether oxygens (including phenoxy) is 1.